The van der Waals surface area contributed by atoms with Gasteiger partial charge in [0.05, 0.1) is 23.6 Å². The first kappa shape index (κ1) is 26.1. The minimum atomic E-state index is -0.822. The van der Waals surface area contributed by atoms with E-state index in [4.69, 9.17) is 4.74 Å². The van der Waals surface area contributed by atoms with Crippen LogP contribution >= 0.6 is 0 Å². The van der Waals surface area contributed by atoms with Gasteiger partial charge in [0.15, 0.2) is 11.6 Å². The summed E-state index contributed by atoms with van der Waals surface area (Å²) in [7, 11) is 1.81. The summed E-state index contributed by atoms with van der Waals surface area (Å²) in [4.78, 5) is 26.2. The van der Waals surface area contributed by atoms with Crippen LogP contribution in [-0.4, -0.2) is 30.5 Å². The van der Waals surface area contributed by atoms with Crippen molar-refractivity contribution in [3.8, 4) is 34.4 Å². The molecule has 0 saturated heterocycles. The van der Waals surface area contributed by atoms with Crippen molar-refractivity contribution in [2.24, 2.45) is 7.05 Å². The molecule has 6 rings (SSSR count). The lowest BCUT2D eigenvalue weighted by Gasteiger charge is -2.13. The first-order chi connectivity index (χ1) is 20.3. The first-order valence-corrected chi connectivity index (χ1v) is 12.5. The zero-order valence-corrected chi connectivity index (χ0v) is 21.8. The average Bonchev–Trinajstić information content (AvgIpc) is 3.64. The maximum atomic E-state index is 15.2. The van der Waals surface area contributed by atoms with Gasteiger partial charge in [-0.05, 0) is 60.7 Å². The fourth-order valence-corrected chi connectivity index (χ4v) is 4.51. The smallest absolute Gasteiger partial charge is 0.269 e. The molecule has 10 nitrogen and oxygen atoms in total. The zero-order valence-electron chi connectivity index (χ0n) is 21.8. The molecule has 0 spiro atoms. The van der Waals surface area contributed by atoms with Gasteiger partial charge in [0.1, 0.15) is 28.9 Å². The molecule has 1 amide bonds. The zero-order chi connectivity index (χ0) is 29.4. The molecule has 206 valence electrons. The van der Waals surface area contributed by atoms with Crippen LogP contribution in [0.25, 0.3) is 27.7 Å². The Kier molecular flexibility index (Phi) is 6.52. The van der Waals surface area contributed by atoms with E-state index in [9.17, 15) is 19.2 Å². The van der Waals surface area contributed by atoms with Crippen LogP contribution in [0.2, 0.25) is 0 Å². The minimum Gasteiger partial charge on any atom is -0.454 e. The van der Waals surface area contributed by atoms with Crippen LogP contribution in [0.5, 0.6) is 11.5 Å². The van der Waals surface area contributed by atoms with Gasteiger partial charge < -0.3 is 10.1 Å². The van der Waals surface area contributed by atoms with Crippen LogP contribution in [0.15, 0.2) is 90.1 Å². The Morgan fingerprint density at radius 1 is 1.02 bits per heavy atom. The molecule has 2 N–H and O–H groups in total. The van der Waals surface area contributed by atoms with E-state index < -0.39 is 23.1 Å². The number of nitrogens with zero attached hydrogens (tertiary/aromatic N) is 5. The number of amides is 1. The van der Waals surface area contributed by atoms with E-state index in [1.807, 2.05) is 19.2 Å². The quantitative estimate of drug-likeness (QED) is 0.283. The van der Waals surface area contributed by atoms with Gasteiger partial charge in [-0.2, -0.15) is 15.5 Å². The topological polar surface area (TPSA) is 131 Å². The Hall–Kier alpha value is -6.09. The van der Waals surface area contributed by atoms with Gasteiger partial charge in [-0.15, -0.1) is 0 Å². The summed E-state index contributed by atoms with van der Waals surface area (Å²) < 4.78 is 37.3. The summed E-state index contributed by atoms with van der Waals surface area (Å²) in [5, 5.41) is 23.8. The Morgan fingerprint density at radius 2 is 1.83 bits per heavy atom. The predicted molar refractivity (Wildman–Crippen MR) is 149 cm³/mol. The molecule has 0 aliphatic carbocycles. The number of aromatic nitrogens is 5. The second-order valence-corrected chi connectivity index (χ2v) is 9.22. The van der Waals surface area contributed by atoms with Crippen molar-refractivity contribution in [2.45, 2.75) is 0 Å². The maximum absolute atomic E-state index is 15.2. The highest BCUT2D eigenvalue weighted by molar-refractivity contribution is 6.04. The highest BCUT2D eigenvalue weighted by Crippen LogP contribution is 2.37. The summed E-state index contributed by atoms with van der Waals surface area (Å²) in [5.41, 5.74) is 1.37. The summed E-state index contributed by atoms with van der Waals surface area (Å²) in [6.07, 6.45) is 4.97. The molecule has 3 heterocycles. The van der Waals surface area contributed by atoms with Crippen LogP contribution in [0, 0.1) is 23.0 Å². The van der Waals surface area contributed by atoms with Gasteiger partial charge in [0, 0.05) is 41.5 Å². The van der Waals surface area contributed by atoms with Crippen molar-refractivity contribution >= 4 is 22.5 Å². The van der Waals surface area contributed by atoms with Gasteiger partial charge in [-0.25, -0.2) is 8.78 Å². The third-order valence-corrected chi connectivity index (χ3v) is 6.59. The number of anilines is 1. The molecule has 0 aliphatic heterocycles. The number of rotatable bonds is 6. The number of nitrogens with one attached hydrogen (secondary N) is 2. The monoisotopic (exact) mass is 563 g/mol. The number of aromatic amines is 1. The molecule has 12 heteroatoms. The maximum Gasteiger partial charge on any atom is 0.269 e. The number of hydrogen-bond donors (Lipinski definition) is 2. The highest BCUT2D eigenvalue weighted by atomic mass is 19.1. The van der Waals surface area contributed by atoms with Crippen molar-refractivity contribution in [1.82, 2.24) is 24.5 Å². The molecule has 42 heavy (non-hydrogen) atoms. The lowest BCUT2D eigenvalue weighted by atomic mass is 10.1. The summed E-state index contributed by atoms with van der Waals surface area (Å²) in [6.45, 7) is 0. The number of hydrogen-bond acceptors (Lipinski definition) is 6. The van der Waals surface area contributed by atoms with Gasteiger partial charge in [0.25, 0.3) is 11.5 Å². The molecule has 3 aromatic carbocycles. The van der Waals surface area contributed by atoms with E-state index in [0.29, 0.717) is 11.3 Å². The normalized spacial score (nSPS) is 10.9. The summed E-state index contributed by atoms with van der Waals surface area (Å²) in [5.74, 6) is -1.84. The lowest BCUT2D eigenvalue weighted by Crippen LogP contribution is -2.29. The van der Waals surface area contributed by atoms with Gasteiger partial charge >= 0.3 is 0 Å². The fraction of sp³-hybridized carbons (Fsp3) is 0.0333. The predicted octanol–water partition coefficient (Wildman–Crippen LogP) is 5.31. The standard InChI is InChI=1S/C30H19F2N7O3/c1-38-26-12-24(18-14-34-35-15-18)28(10-17(26)16-36-38)42-27-9-4-20(11-25(27)32)37-29(40)23-8-7-22(13-33)39(30(23)41)21-5-2-19(31)3-6-21/h2-12,14-16H,1H3,(H,34,35)(H,37,40). The third kappa shape index (κ3) is 4.75. The number of benzene rings is 3. The SMILES string of the molecule is Cn1ncc2cc(Oc3ccc(NC(=O)c4ccc(C#N)n(-c5ccc(F)cc5)c4=O)cc3F)c(-c3cn[nH]c3)cc21. The molecule has 0 saturated carbocycles. The van der Waals surface area contributed by atoms with Crippen molar-refractivity contribution in [1.29, 1.82) is 5.26 Å². The van der Waals surface area contributed by atoms with Crippen molar-refractivity contribution in [3.63, 3.8) is 0 Å². The molecule has 3 aromatic heterocycles. The molecular weight excluding hydrogens is 544 g/mol. The number of halogens is 2. The van der Waals surface area contributed by atoms with Crippen molar-refractivity contribution < 1.29 is 18.3 Å². The summed E-state index contributed by atoms with van der Waals surface area (Å²) in [6, 6.07) is 16.8. The molecule has 0 fully saturated rings. The van der Waals surface area contributed by atoms with Gasteiger partial charge in [-0.1, -0.05) is 0 Å². The van der Waals surface area contributed by atoms with Crippen LogP contribution in [0.4, 0.5) is 14.5 Å². The van der Waals surface area contributed by atoms with E-state index >= 15 is 4.39 Å². The third-order valence-electron chi connectivity index (χ3n) is 6.59. The fourth-order valence-electron chi connectivity index (χ4n) is 4.51. The van der Waals surface area contributed by atoms with E-state index in [0.717, 1.165) is 39.2 Å². The largest absolute Gasteiger partial charge is 0.454 e. The van der Waals surface area contributed by atoms with E-state index in [1.165, 1.54) is 36.4 Å². The molecule has 0 bridgehead atoms. The van der Waals surface area contributed by atoms with Crippen LogP contribution < -0.4 is 15.6 Å². The van der Waals surface area contributed by atoms with Crippen molar-refractivity contribution in [3.05, 3.63) is 119 Å². The Bertz CT molecular complexity index is 2080. The average molecular weight is 564 g/mol. The Morgan fingerprint density at radius 3 is 2.55 bits per heavy atom. The van der Waals surface area contributed by atoms with E-state index in [2.05, 4.69) is 20.6 Å². The van der Waals surface area contributed by atoms with Gasteiger partial charge in [0.2, 0.25) is 0 Å². The molecular formula is C30H19F2N7O3. The second kappa shape index (κ2) is 10.5. The second-order valence-electron chi connectivity index (χ2n) is 9.22. The number of fused-ring (bicyclic) bond motifs is 1. The number of aryl methyl sites for hydroxylation is 1. The molecule has 0 radical (unpaired) electrons. The first-order valence-electron chi connectivity index (χ1n) is 12.5. The van der Waals surface area contributed by atoms with E-state index in [1.54, 1.807) is 29.3 Å². The number of carbonyl (C=O) groups excluding carboxylic acids is 1. The lowest BCUT2D eigenvalue weighted by molar-refractivity contribution is 0.102. The molecule has 0 unspecified atom stereocenters. The Labute approximate surface area is 236 Å². The number of nitriles is 1. The number of pyridine rings is 1. The van der Waals surface area contributed by atoms with Crippen molar-refractivity contribution in [2.75, 3.05) is 5.32 Å². The number of carbonyl (C=O) groups is 1. The molecule has 0 aliphatic rings. The van der Waals surface area contributed by atoms with Crippen LogP contribution in [0.3, 0.4) is 0 Å². The van der Waals surface area contributed by atoms with E-state index in [-0.39, 0.29) is 28.4 Å². The minimum absolute atomic E-state index is 0.0463. The summed E-state index contributed by atoms with van der Waals surface area (Å²) >= 11 is 0. The van der Waals surface area contributed by atoms with Crippen LogP contribution in [0.1, 0.15) is 16.1 Å². The highest BCUT2D eigenvalue weighted by Gasteiger charge is 2.19. The van der Waals surface area contributed by atoms with Crippen LogP contribution in [-0.2, 0) is 7.05 Å². The number of H-pyrrole nitrogens is 1. The number of ether oxygens (including phenoxy) is 1. The Balaban J connectivity index is 1.28. The van der Waals surface area contributed by atoms with Gasteiger partial charge in [-0.3, -0.25) is 23.9 Å². The molecule has 6 aromatic rings. The molecule has 0 atom stereocenters.